The van der Waals surface area contributed by atoms with E-state index in [4.69, 9.17) is 0 Å². The Morgan fingerprint density at radius 2 is 2.06 bits per heavy atom. The summed E-state index contributed by atoms with van der Waals surface area (Å²) in [5, 5.41) is 9.73. The van der Waals surface area contributed by atoms with E-state index in [0.29, 0.717) is 5.56 Å². The number of amides is 1. The normalized spacial score (nSPS) is 10.4. The van der Waals surface area contributed by atoms with Gasteiger partial charge in [-0.25, -0.2) is 0 Å². The predicted octanol–water partition coefficient (Wildman–Crippen LogP) is 3.80. The number of hydrogen-bond acceptors (Lipinski definition) is 2. The van der Waals surface area contributed by atoms with E-state index >= 15 is 0 Å². The van der Waals surface area contributed by atoms with Crippen molar-refractivity contribution in [3.05, 3.63) is 44.1 Å². The molecule has 2 N–H and O–H groups in total. The maximum Gasteiger partial charge on any atom is 0.256 e. The molecule has 0 saturated heterocycles. The maximum absolute atomic E-state index is 12.2. The van der Waals surface area contributed by atoms with Crippen molar-refractivity contribution in [2.75, 3.05) is 5.32 Å². The van der Waals surface area contributed by atoms with Crippen LogP contribution >= 0.6 is 31.9 Å². The van der Waals surface area contributed by atoms with Crippen LogP contribution in [-0.4, -0.2) is 16.1 Å². The van der Waals surface area contributed by atoms with Crippen molar-refractivity contribution in [2.45, 2.75) is 13.8 Å². The lowest BCUT2D eigenvalue weighted by Crippen LogP contribution is -2.13. The summed E-state index contributed by atoms with van der Waals surface area (Å²) in [6, 6.07) is 5.42. The highest BCUT2D eigenvalue weighted by molar-refractivity contribution is 9.11. The monoisotopic (exact) mass is 371 g/mol. The molecule has 0 aliphatic heterocycles. The Kier molecular flexibility index (Phi) is 3.87. The van der Waals surface area contributed by atoms with Crippen LogP contribution in [0.25, 0.3) is 0 Å². The van der Waals surface area contributed by atoms with Crippen LogP contribution in [0.5, 0.6) is 0 Å². The Morgan fingerprint density at radius 3 is 2.61 bits per heavy atom. The molecule has 0 saturated carbocycles. The van der Waals surface area contributed by atoms with Crippen LogP contribution in [0.1, 0.15) is 21.7 Å². The molecule has 4 nitrogen and oxygen atoms in total. The highest BCUT2D eigenvalue weighted by Gasteiger charge is 2.14. The van der Waals surface area contributed by atoms with Gasteiger partial charge in [-0.05, 0) is 48.0 Å². The molecule has 2 aromatic rings. The van der Waals surface area contributed by atoms with Crippen LogP contribution in [0.4, 0.5) is 5.69 Å². The van der Waals surface area contributed by atoms with Gasteiger partial charge >= 0.3 is 0 Å². The van der Waals surface area contributed by atoms with Crippen molar-refractivity contribution in [2.24, 2.45) is 0 Å². The number of carbonyl (C=O) groups is 1. The molecule has 94 valence electrons. The number of carbonyl (C=O) groups excluding carboxylic acids is 1. The summed E-state index contributed by atoms with van der Waals surface area (Å²) >= 11 is 6.73. The van der Waals surface area contributed by atoms with Crippen molar-refractivity contribution in [3.63, 3.8) is 0 Å². The first-order valence-electron chi connectivity index (χ1n) is 5.27. The quantitative estimate of drug-likeness (QED) is 0.842. The zero-order valence-electron chi connectivity index (χ0n) is 9.84. The second kappa shape index (κ2) is 5.24. The third kappa shape index (κ3) is 2.64. The zero-order chi connectivity index (χ0) is 13.3. The zero-order valence-corrected chi connectivity index (χ0v) is 13.0. The summed E-state index contributed by atoms with van der Waals surface area (Å²) in [6.45, 7) is 3.71. The van der Waals surface area contributed by atoms with Gasteiger partial charge < -0.3 is 5.32 Å². The summed E-state index contributed by atoms with van der Waals surface area (Å²) < 4.78 is 1.66. The van der Waals surface area contributed by atoms with Gasteiger partial charge in [0.2, 0.25) is 0 Å². The molecule has 1 aromatic heterocycles. The number of halogens is 2. The second-order valence-electron chi connectivity index (χ2n) is 3.89. The second-order valence-corrected chi connectivity index (χ2v) is 5.66. The van der Waals surface area contributed by atoms with Crippen molar-refractivity contribution < 1.29 is 4.79 Å². The molecule has 0 radical (unpaired) electrons. The van der Waals surface area contributed by atoms with Crippen LogP contribution in [-0.2, 0) is 0 Å². The molecule has 1 amide bonds. The van der Waals surface area contributed by atoms with Gasteiger partial charge in [-0.15, -0.1) is 0 Å². The van der Waals surface area contributed by atoms with E-state index in [0.717, 1.165) is 26.0 Å². The van der Waals surface area contributed by atoms with Crippen LogP contribution < -0.4 is 5.32 Å². The number of hydrogen-bond donors (Lipinski definition) is 2. The number of nitrogens with one attached hydrogen (secondary N) is 2. The summed E-state index contributed by atoms with van der Waals surface area (Å²) in [7, 11) is 0. The topological polar surface area (TPSA) is 57.8 Å². The molecule has 1 heterocycles. The molecule has 0 aliphatic carbocycles. The lowest BCUT2D eigenvalue weighted by atomic mass is 10.2. The van der Waals surface area contributed by atoms with E-state index in [2.05, 4.69) is 47.4 Å². The highest BCUT2D eigenvalue weighted by Crippen LogP contribution is 2.24. The molecule has 0 fully saturated rings. The first kappa shape index (κ1) is 13.3. The summed E-state index contributed by atoms with van der Waals surface area (Å²) in [5.74, 6) is -0.165. The molecule has 1 aromatic carbocycles. The number of anilines is 1. The molecule has 0 aliphatic rings. The maximum atomic E-state index is 12.2. The lowest BCUT2D eigenvalue weighted by Gasteiger charge is -2.07. The van der Waals surface area contributed by atoms with Gasteiger partial charge in [0.25, 0.3) is 5.91 Å². The Morgan fingerprint density at radius 1 is 1.33 bits per heavy atom. The van der Waals surface area contributed by atoms with Gasteiger partial charge in [-0.2, -0.15) is 5.10 Å². The molecule has 0 spiro atoms. The fourth-order valence-electron chi connectivity index (χ4n) is 1.59. The average molecular weight is 373 g/mol. The van der Waals surface area contributed by atoms with Crippen LogP contribution in [0.2, 0.25) is 0 Å². The number of aromatic nitrogens is 2. The van der Waals surface area contributed by atoms with E-state index < -0.39 is 0 Å². The molecule has 18 heavy (non-hydrogen) atoms. The summed E-state index contributed by atoms with van der Waals surface area (Å²) in [6.07, 6.45) is 0. The summed E-state index contributed by atoms with van der Waals surface area (Å²) in [5.41, 5.74) is 2.93. The van der Waals surface area contributed by atoms with Crippen LogP contribution in [0.15, 0.2) is 27.1 Å². The van der Waals surface area contributed by atoms with Crippen LogP contribution in [0, 0.1) is 13.8 Å². The molecule has 0 atom stereocenters. The number of benzene rings is 1. The Hall–Kier alpha value is -1.14. The van der Waals surface area contributed by atoms with Crippen molar-refractivity contribution in [3.8, 4) is 0 Å². The number of aryl methyl sites for hydroxylation is 2. The highest BCUT2D eigenvalue weighted by atomic mass is 79.9. The van der Waals surface area contributed by atoms with E-state index in [1.807, 2.05) is 26.0 Å². The fourth-order valence-corrected chi connectivity index (χ4v) is 2.82. The standard InChI is InChI=1S/C12H11Br2N3O/c1-6-11(7(2)17-16-6)15-12(18)9-4-3-8(13)5-10(9)14/h3-5H,1-2H3,(H,15,18)(H,16,17). The Bertz CT molecular complexity index is 588. The average Bonchev–Trinajstić information content (AvgIpc) is 2.60. The Balaban J connectivity index is 2.28. The van der Waals surface area contributed by atoms with Gasteiger partial charge in [-0.1, -0.05) is 15.9 Å². The molecule has 0 bridgehead atoms. The minimum absolute atomic E-state index is 0.165. The molecular formula is C12H11Br2N3O. The van der Waals surface area contributed by atoms with E-state index in [1.54, 1.807) is 6.07 Å². The first-order valence-corrected chi connectivity index (χ1v) is 6.85. The first-order chi connectivity index (χ1) is 8.49. The third-order valence-corrected chi connectivity index (χ3v) is 3.69. The van der Waals surface area contributed by atoms with Gasteiger partial charge in [0.1, 0.15) is 0 Å². The smallest absolute Gasteiger partial charge is 0.256 e. The summed E-state index contributed by atoms with van der Waals surface area (Å²) in [4.78, 5) is 12.2. The van der Waals surface area contributed by atoms with Crippen molar-refractivity contribution in [1.82, 2.24) is 10.2 Å². The lowest BCUT2D eigenvalue weighted by molar-refractivity contribution is 0.102. The van der Waals surface area contributed by atoms with E-state index in [1.165, 1.54) is 0 Å². The van der Waals surface area contributed by atoms with Crippen molar-refractivity contribution in [1.29, 1.82) is 0 Å². The number of aromatic amines is 1. The molecule has 0 unspecified atom stereocenters. The predicted molar refractivity (Wildman–Crippen MR) is 77.9 cm³/mol. The number of nitrogens with zero attached hydrogens (tertiary/aromatic N) is 1. The number of rotatable bonds is 2. The molecular weight excluding hydrogens is 362 g/mol. The van der Waals surface area contributed by atoms with Gasteiger partial charge in [0.05, 0.1) is 22.6 Å². The minimum atomic E-state index is -0.165. The van der Waals surface area contributed by atoms with Gasteiger partial charge in [0.15, 0.2) is 0 Å². The number of H-pyrrole nitrogens is 1. The molecule has 6 heteroatoms. The van der Waals surface area contributed by atoms with Crippen LogP contribution in [0.3, 0.4) is 0 Å². The largest absolute Gasteiger partial charge is 0.319 e. The van der Waals surface area contributed by atoms with Crippen molar-refractivity contribution >= 4 is 43.5 Å². The Labute approximate surface area is 121 Å². The van der Waals surface area contributed by atoms with E-state index in [9.17, 15) is 4.79 Å². The minimum Gasteiger partial charge on any atom is -0.319 e. The third-order valence-electron chi connectivity index (χ3n) is 2.54. The fraction of sp³-hybridized carbons (Fsp3) is 0.167. The van der Waals surface area contributed by atoms with Gasteiger partial charge in [-0.3, -0.25) is 9.89 Å². The SMILES string of the molecule is Cc1n[nH]c(C)c1NC(=O)c1ccc(Br)cc1Br. The van der Waals surface area contributed by atoms with E-state index in [-0.39, 0.29) is 5.91 Å². The van der Waals surface area contributed by atoms with Gasteiger partial charge in [0, 0.05) is 8.95 Å². The molecule has 2 rings (SSSR count).